The molecule has 2 amide bonds. The molecule has 126 valence electrons. The zero-order valence-electron chi connectivity index (χ0n) is 13.7. The van der Waals surface area contributed by atoms with E-state index < -0.39 is 11.9 Å². The number of benzene rings is 2. The van der Waals surface area contributed by atoms with Crippen LogP contribution in [-0.4, -0.2) is 25.0 Å². The number of primary amides is 1. The van der Waals surface area contributed by atoms with Crippen LogP contribution in [0.25, 0.3) is 0 Å². The van der Waals surface area contributed by atoms with E-state index in [0.717, 1.165) is 16.9 Å². The maximum absolute atomic E-state index is 12.1. The number of ether oxygens (including phenoxy) is 1. The Morgan fingerprint density at radius 1 is 1.04 bits per heavy atom. The third-order valence-corrected chi connectivity index (χ3v) is 3.76. The van der Waals surface area contributed by atoms with E-state index in [0.29, 0.717) is 19.3 Å². The average Bonchev–Trinajstić information content (AvgIpc) is 2.61. The third kappa shape index (κ3) is 5.43. The number of nitrogens with one attached hydrogen (secondary N) is 1. The minimum absolute atomic E-state index is 0.184. The zero-order chi connectivity index (χ0) is 17.4. The van der Waals surface area contributed by atoms with Crippen molar-refractivity contribution in [2.24, 2.45) is 5.73 Å². The molecular formula is C19H22N2O3. The molecule has 0 bridgehead atoms. The Balaban J connectivity index is 1.90. The van der Waals surface area contributed by atoms with Gasteiger partial charge < -0.3 is 15.8 Å². The molecule has 0 aromatic heterocycles. The highest BCUT2D eigenvalue weighted by molar-refractivity contribution is 5.86. The number of aryl methyl sites for hydroxylation is 1. The summed E-state index contributed by atoms with van der Waals surface area (Å²) in [5.74, 6) is 0.0105. The molecule has 0 aliphatic rings. The van der Waals surface area contributed by atoms with Crippen molar-refractivity contribution in [3.05, 3.63) is 65.7 Å². The fourth-order valence-corrected chi connectivity index (χ4v) is 2.39. The van der Waals surface area contributed by atoms with Crippen LogP contribution in [0.15, 0.2) is 54.6 Å². The highest BCUT2D eigenvalue weighted by atomic mass is 16.5. The van der Waals surface area contributed by atoms with Gasteiger partial charge in [0.15, 0.2) is 0 Å². The Bertz CT molecular complexity index is 669. The summed E-state index contributed by atoms with van der Waals surface area (Å²) in [7, 11) is 1.59. The Hall–Kier alpha value is -2.82. The molecule has 5 nitrogen and oxygen atoms in total. The van der Waals surface area contributed by atoms with Gasteiger partial charge in [-0.15, -0.1) is 0 Å². The van der Waals surface area contributed by atoms with E-state index in [1.807, 2.05) is 54.6 Å². The Labute approximate surface area is 141 Å². The van der Waals surface area contributed by atoms with Gasteiger partial charge in [0, 0.05) is 12.8 Å². The number of hydrogen-bond donors (Lipinski definition) is 2. The second-order valence-electron chi connectivity index (χ2n) is 5.56. The van der Waals surface area contributed by atoms with Crippen LogP contribution in [0, 0.1) is 0 Å². The maximum Gasteiger partial charge on any atom is 0.240 e. The summed E-state index contributed by atoms with van der Waals surface area (Å²) in [5, 5.41) is 2.72. The highest BCUT2D eigenvalue weighted by Gasteiger charge is 2.18. The first kappa shape index (κ1) is 17.5. The van der Waals surface area contributed by atoms with Crippen LogP contribution in [0.4, 0.5) is 0 Å². The van der Waals surface area contributed by atoms with E-state index in [9.17, 15) is 9.59 Å². The van der Waals surface area contributed by atoms with Crippen LogP contribution in [0.5, 0.6) is 5.75 Å². The predicted octanol–water partition coefficient (Wildman–Crippen LogP) is 1.84. The normalized spacial score (nSPS) is 11.5. The SMILES string of the molecule is COc1ccc(C[C@H](NC(=O)CCc2ccccc2)C(N)=O)cc1. The van der Waals surface area contributed by atoms with Crippen LogP contribution in [0.3, 0.4) is 0 Å². The van der Waals surface area contributed by atoms with Crippen molar-refractivity contribution in [1.82, 2.24) is 5.32 Å². The standard InChI is InChI=1S/C19H22N2O3/c1-24-16-10-7-15(8-11-16)13-17(19(20)23)21-18(22)12-9-14-5-3-2-4-6-14/h2-8,10-11,17H,9,12-13H2,1H3,(H2,20,23)(H,21,22)/t17-/m0/s1. The summed E-state index contributed by atoms with van der Waals surface area (Å²) >= 11 is 0. The van der Waals surface area contributed by atoms with E-state index in [-0.39, 0.29) is 5.91 Å². The van der Waals surface area contributed by atoms with Crippen molar-refractivity contribution in [1.29, 1.82) is 0 Å². The highest BCUT2D eigenvalue weighted by Crippen LogP contribution is 2.13. The maximum atomic E-state index is 12.1. The Kier molecular flexibility index (Phi) is 6.37. The van der Waals surface area contributed by atoms with Gasteiger partial charge in [-0.05, 0) is 29.7 Å². The molecule has 1 atom stereocenters. The second kappa shape index (κ2) is 8.72. The molecule has 0 unspecified atom stereocenters. The first-order valence-electron chi connectivity index (χ1n) is 7.84. The van der Waals surface area contributed by atoms with Gasteiger partial charge in [0.1, 0.15) is 11.8 Å². The quantitative estimate of drug-likeness (QED) is 0.776. The van der Waals surface area contributed by atoms with Crippen LogP contribution in [0.1, 0.15) is 17.5 Å². The Morgan fingerprint density at radius 3 is 2.29 bits per heavy atom. The lowest BCUT2D eigenvalue weighted by molar-refractivity contribution is -0.127. The van der Waals surface area contributed by atoms with Crippen molar-refractivity contribution < 1.29 is 14.3 Å². The molecule has 0 spiro atoms. The molecule has 2 aromatic rings. The summed E-state index contributed by atoms with van der Waals surface area (Å²) in [4.78, 5) is 23.7. The van der Waals surface area contributed by atoms with Crippen molar-refractivity contribution >= 4 is 11.8 Å². The van der Waals surface area contributed by atoms with Gasteiger partial charge >= 0.3 is 0 Å². The number of rotatable bonds is 8. The van der Waals surface area contributed by atoms with Gasteiger partial charge in [0.05, 0.1) is 7.11 Å². The smallest absolute Gasteiger partial charge is 0.240 e. The number of carbonyl (C=O) groups excluding carboxylic acids is 2. The van der Waals surface area contributed by atoms with Crippen LogP contribution in [-0.2, 0) is 22.4 Å². The molecule has 0 fully saturated rings. The minimum Gasteiger partial charge on any atom is -0.497 e. The number of hydrogen-bond acceptors (Lipinski definition) is 3. The Morgan fingerprint density at radius 2 is 1.71 bits per heavy atom. The van der Waals surface area contributed by atoms with Crippen molar-refractivity contribution in [2.75, 3.05) is 7.11 Å². The molecule has 3 N–H and O–H groups in total. The monoisotopic (exact) mass is 326 g/mol. The van der Waals surface area contributed by atoms with Gasteiger partial charge in [-0.1, -0.05) is 42.5 Å². The lowest BCUT2D eigenvalue weighted by atomic mass is 10.0. The third-order valence-electron chi connectivity index (χ3n) is 3.76. The number of nitrogens with two attached hydrogens (primary N) is 1. The van der Waals surface area contributed by atoms with Gasteiger partial charge in [-0.3, -0.25) is 9.59 Å². The second-order valence-corrected chi connectivity index (χ2v) is 5.56. The van der Waals surface area contributed by atoms with Crippen molar-refractivity contribution in [2.45, 2.75) is 25.3 Å². The molecule has 0 heterocycles. The largest absolute Gasteiger partial charge is 0.497 e. The summed E-state index contributed by atoms with van der Waals surface area (Å²) in [6, 6.07) is 16.3. The molecule has 0 saturated heterocycles. The fraction of sp³-hybridized carbons (Fsp3) is 0.263. The number of carbonyl (C=O) groups is 2. The number of amides is 2. The molecule has 5 heteroatoms. The molecule has 0 radical (unpaired) electrons. The van der Waals surface area contributed by atoms with Gasteiger partial charge in [-0.25, -0.2) is 0 Å². The van der Waals surface area contributed by atoms with E-state index in [1.165, 1.54) is 0 Å². The first-order chi connectivity index (χ1) is 11.6. The van der Waals surface area contributed by atoms with Crippen LogP contribution in [0.2, 0.25) is 0 Å². The van der Waals surface area contributed by atoms with E-state index in [1.54, 1.807) is 7.11 Å². The summed E-state index contributed by atoms with van der Waals surface area (Å²) in [5.41, 5.74) is 7.41. The summed E-state index contributed by atoms with van der Waals surface area (Å²) < 4.78 is 5.10. The minimum atomic E-state index is -0.721. The van der Waals surface area contributed by atoms with E-state index in [4.69, 9.17) is 10.5 Å². The first-order valence-corrected chi connectivity index (χ1v) is 7.84. The van der Waals surface area contributed by atoms with Gasteiger partial charge in [-0.2, -0.15) is 0 Å². The van der Waals surface area contributed by atoms with Crippen LogP contribution < -0.4 is 15.8 Å². The molecule has 2 aromatic carbocycles. The van der Waals surface area contributed by atoms with E-state index in [2.05, 4.69) is 5.32 Å². The molecule has 24 heavy (non-hydrogen) atoms. The van der Waals surface area contributed by atoms with Crippen molar-refractivity contribution in [3.8, 4) is 5.75 Å². The lowest BCUT2D eigenvalue weighted by Gasteiger charge is -2.16. The van der Waals surface area contributed by atoms with Crippen LogP contribution >= 0.6 is 0 Å². The topological polar surface area (TPSA) is 81.4 Å². The average molecular weight is 326 g/mol. The van der Waals surface area contributed by atoms with Crippen molar-refractivity contribution in [3.63, 3.8) is 0 Å². The predicted molar refractivity (Wildman–Crippen MR) is 92.6 cm³/mol. The molecular weight excluding hydrogens is 304 g/mol. The molecule has 0 aliphatic heterocycles. The molecule has 0 aliphatic carbocycles. The zero-order valence-corrected chi connectivity index (χ0v) is 13.7. The summed E-state index contributed by atoms with van der Waals surface area (Å²) in [6.07, 6.45) is 1.30. The lowest BCUT2D eigenvalue weighted by Crippen LogP contribution is -2.45. The molecule has 2 rings (SSSR count). The number of methoxy groups -OCH3 is 1. The van der Waals surface area contributed by atoms with Gasteiger partial charge in [0.2, 0.25) is 11.8 Å². The molecule has 0 saturated carbocycles. The fourth-order valence-electron chi connectivity index (χ4n) is 2.39. The van der Waals surface area contributed by atoms with Gasteiger partial charge in [0.25, 0.3) is 0 Å². The summed E-state index contributed by atoms with van der Waals surface area (Å²) in [6.45, 7) is 0. The van der Waals surface area contributed by atoms with E-state index >= 15 is 0 Å².